The van der Waals surface area contributed by atoms with E-state index in [4.69, 9.17) is 5.84 Å². The molecule has 0 unspecified atom stereocenters. The van der Waals surface area contributed by atoms with Crippen molar-refractivity contribution in [3.8, 4) is 0 Å². The Labute approximate surface area is 47.2 Å². The summed E-state index contributed by atoms with van der Waals surface area (Å²) in [6, 6.07) is 0. The van der Waals surface area contributed by atoms with Crippen molar-refractivity contribution in [1.29, 1.82) is 0 Å². The number of nitrogens with one attached hydrogen (secondary N) is 1. The molecule has 4 heteroatoms. The highest BCUT2D eigenvalue weighted by Gasteiger charge is 2.06. The second-order valence-electron chi connectivity index (χ2n) is 1.37. The summed E-state index contributed by atoms with van der Waals surface area (Å²) in [4.78, 5) is 20.2. The Kier molecular flexibility index (Phi) is 2.15. The van der Waals surface area contributed by atoms with Crippen molar-refractivity contribution in [2.45, 2.75) is 13.8 Å². The zero-order valence-electron chi connectivity index (χ0n) is 4.76. The topological polar surface area (TPSA) is 61.2 Å². The third-order valence-electron chi connectivity index (χ3n) is 0.630. The molecule has 0 aliphatic heterocycles. The van der Waals surface area contributed by atoms with Gasteiger partial charge in [-0.05, 0) is 0 Å². The van der Waals surface area contributed by atoms with Crippen LogP contribution in [0.25, 0.3) is 0 Å². The summed E-state index contributed by atoms with van der Waals surface area (Å²) in [5.41, 5.74) is 0. The summed E-state index contributed by atoms with van der Waals surface area (Å²) in [7, 11) is 0. The predicted octanol–water partition coefficient (Wildman–Crippen LogP) is -0.421. The van der Waals surface area contributed by atoms with Gasteiger partial charge in [-0.25, -0.2) is 0 Å². The highest BCUT2D eigenvalue weighted by Crippen LogP contribution is 1.79. The molecule has 0 heterocycles. The molecule has 0 spiro atoms. The van der Waals surface area contributed by atoms with Crippen LogP contribution in [0, 0.1) is 0 Å². The smallest absolute Gasteiger partial charge is 0.241 e. The predicted molar refractivity (Wildman–Crippen MR) is 26.3 cm³/mol. The number of amides is 2. The summed E-state index contributed by atoms with van der Waals surface area (Å²) < 4.78 is 0. The van der Waals surface area contributed by atoms with Crippen molar-refractivity contribution in [3.63, 3.8) is 0 Å². The average molecular weight is 115 g/mol. The zero-order valence-corrected chi connectivity index (χ0v) is 4.76. The van der Waals surface area contributed by atoms with Crippen LogP contribution in [0.5, 0.6) is 0 Å². The molecule has 45 valence electrons. The molecule has 0 fully saturated rings. The lowest BCUT2D eigenvalue weighted by Gasteiger charge is -2.04. The molecule has 0 aliphatic carbocycles. The summed E-state index contributed by atoms with van der Waals surface area (Å²) in [5.74, 6) is 5.50. The highest BCUT2D eigenvalue weighted by molar-refractivity contribution is 5.91. The molecule has 0 aromatic heterocycles. The van der Waals surface area contributed by atoms with Gasteiger partial charge in [0.25, 0.3) is 0 Å². The van der Waals surface area contributed by atoms with Crippen LogP contribution in [0.1, 0.15) is 13.8 Å². The van der Waals surface area contributed by atoms with E-state index in [0.29, 0.717) is 5.01 Å². The van der Waals surface area contributed by atoms with E-state index in [0.717, 1.165) is 13.8 Å². The highest BCUT2D eigenvalue weighted by atomic mass is 16.2. The first-order valence-corrected chi connectivity index (χ1v) is 2.08. The maximum atomic E-state index is 10.1. The largest absolute Gasteiger partial charge is 0.273 e. The van der Waals surface area contributed by atoms with Crippen molar-refractivity contribution >= 4 is 11.8 Å². The van der Waals surface area contributed by atoms with Gasteiger partial charge in [-0.15, -0.1) is 5.84 Å². The second-order valence-corrected chi connectivity index (χ2v) is 1.37. The molecule has 2 amide bonds. The van der Waals surface area contributed by atoms with Gasteiger partial charge < -0.3 is 0 Å². The van der Waals surface area contributed by atoms with E-state index in [1.807, 2.05) is 0 Å². The molecule has 0 aromatic carbocycles. The standard InChI is InChI=1S/C4H7N2O2/c1-3(7)6(5)4(2)8/h5H,1-2H3. The fraction of sp³-hybridized carbons (Fsp3) is 0.500. The summed E-state index contributed by atoms with van der Waals surface area (Å²) in [6.07, 6.45) is 0. The van der Waals surface area contributed by atoms with Crippen molar-refractivity contribution in [2.75, 3.05) is 0 Å². The van der Waals surface area contributed by atoms with Gasteiger partial charge >= 0.3 is 0 Å². The Balaban J connectivity index is 3.83. The van der Waals surface area contributed by atoms with Gasteiger partial charge in [0, 0.05) is 13.8 Å². The van der Waals surface area contributed by atoms with Gasteiger partial charge in [0.15, 0.2) is 0 Å². The molecule has 0 atom stereocenters. The number of hydrogen-bond donors (Lipinski definition) is 0. The molecule has 0 saturated heterocycles. The number of imide groups is 1. The maximum Gasteiger partial charge on any atom is 0.241 e. The van der Waals surface area contributed by atoms with Crippen LogP contribution in [0.4, 0.5) is 0 Å². The summed E-state index contributed by atoms with van der Waals surface area (Å²) >= 11 is 0. The molecule has 0 bridgehead atoms. The molecule has 0 rings (SSSR count). The minimum Gasteiger partial charge on any atom is -0.273 e. The Morgan fingerprint density at radius 3 is 1.50 bits per heavy atom. The fourth-order valence-electron chi connectivity index (χ4n) is 0.222. The van der Waals surface area contributed by atoms with E-state index in [1.165, 1.54) is 0 Å². The molecule has 1 N–H and O–H groups in total. The monoisotopic (exact) mass is 115 g/mol. The molecular formula is C4H7N2O2. The van der Waals surface area contributed by atoms with E-state index in [1.54, 1.807) is 0 Å². The third kappa shape index (κ3) is 1.70. The lowest BCUT2D eigenvalue weighted by Crippen LogP contribution is -2.31. The SMILES string of the molecule is CC(=O)N([NH])C(C)=O. The van der Waals surface area contributed by atoms with E-state index in [2.05, 4.69) is 0 Å². The number of nitrogens with zero attached hydrogens (tertiary/aromatic N) is 1. The maximum absolute atomic E-state index is 10.1. The summed E-state index contributed by atoms with van der Waals surface area (Å²) in [6.45, 7) is 2.32. The van der Waals surface area contributed by atoms with Crippen LogP contribution in [-0.2, 0) is 9.59 Å². The molecule has 0 aliphatic rings. The molecule has 0 aromatic rings. The van der Waals surface area contributed by atoms with Crippen molar-refractivity contribution in [1.82, 2.24) is 10.9 Å². The van der Waals surface area contributed by atoms with Crippen LogP contribution in [0.15, 0.2) is 0 Å². The number of rotatable bonds is 0. The van der Waals surface area contributed by atoms with Gasteiger partial charge in [0.1, 0.15) is 0 Å². The van der Waals surface area contributed by atoms with Gasteiger partial charge in [-0.3, -0.25) is 9.59 Å². The number of hydrogen-bond acceptors (Lipinski definition) is 2. The Bertz CT molecular complexity index is 107. The van der Waals surface area contributed by atoms with E-state index < -0.39 is 11.8 Å². The van der Waals surface area contributed by atoms with Gasteiger partial charge in [0.05, 0.1) is 0 Å². The van der Waals surface area contributed by atoms with E-state index in [-0.39, 0.29) is 0 Å². The first kappa shape index (κ1) is 7.10. The van der Waals surface area contributed by atoms with Crippen LogP contribution >= 0.6 is 0 Å². The first-order valence-electron chi connectivity index (χ1n) is 2.08. The van der Waals surface area contributed by atoms with Crippen LogP contribution in [-0.4, -0.2) is 16.8 Å². The van der Waals surface area contributed by atoms with Gasteiger partial charge in [-0.2, -0.15) is 5.01 Å². The molecule has 0 saturated carbocycles. The van der Waals surface area contributed by atoms with Crippen LogP contribution in [0.2, 0.25) is 0 Å². The minimum absolute atomic E-state index is 0.306. The third-order valence-corrected chi connectivity index (χ3v) is 0.630. The summed E-state index contributed by atoms with van der Waals surface area (Å²) in [5, 5.41) is 0.306. The van der Waals surface area contributed by atoms with E-state index in [9.17, 15) is 9.59 Å². The van der Waals surface area contributed by atoms with Gasteiger partial charge in [0.2, 0.25) is 11.8 Å². The van der Waals surface area contributed by atoms with E-state index >= 15 is 0 Å². The van der Waals surface area contributed by atoms with Crippen LogP contribution < -0.4 is 5.84 Å². The first-order chi connectivity index (χ1) is 3.55. The number of carbonyl (C=O) groups excluding carboxylic acids is 2. The normalized spacial score (nSPS) is 8.38. The lowest BCUT2D eigenvalue weighted by molar-refractivity contribution is -0.143. The molecule has 8 heavy (non-hydrogen) atoms. The second kappa shape index (κ2) is 2.42. The number of carbonyl (C=O) groups is 2. The molecular weight excluding hydrogens is 108 g/mol. The molecule has 4 nitrogen and oxygen atoms in total. The Morgan fingerprint density at radius 1 is 1.25 bits per heavy atom. The van der Waals surface area contributed by atoms with Crippen molar-refractivity contribution in [2.24, 2.45) is 0 Å². The van der Waals surface area contributed by atoms with Crippen molar-refractivity contribution < 1.29 is 9.59 Å². The Morgan fingerprint density at radius 2 is 1.50 bits per heavy atom. The zero-order chi connectivity index (χ0) is 6.73. The van der Waals surface area contributed by atoms with Gasteiger partial charge in [-0.1, -0.05) is 0 Å². The fourth-order valence-corrected chi connectivity index (χ4v) is 0.222. The average Bonchev–Trinajstić information content (AvgIpc) is 1.64. The minimum atomic E-state index is -0.558. The lowest BCUT2D eigenvalue weighted by atomic mass is 10.6. The molecule has 1 radical (unpaired) electrons. The van der Waals surface area contributed by atoms with Crippen LogP contribution in [0.3, 0.4) is 0 Å². The quantitative estimate of drug-likeness (QED) is 0.402. The van der Waals surface area contributed by atoms with Crippen molar-refractivity contribution in [3.05, 3.63) is 0 Å². The Hall–Kier alpha value is -0.900.